The Labute approximate surface area is 104 Å². The molecule has 3 nitrogen and oxygen atoms in total. The third-order valence-corrected chi connectivity index (χ3v) is 3.64. The molecule has 2 atom stereocenters. The van der Waals surface area contributed by atoms with E-state index in [4.69, 9.17) is 9.72 Å². The molecule has 1 aliphatic heterocycles. The van der Waals surface area contributed by atoms with Crippen molar-refractivity contribution in [2.24, 2.45) is 0 Å². The lowest BCUT2D eigenvalue weighted by atomic mass is 9.93. The summed E-state index contributed by atoms with van der Waals surface area (Å²) in [4.78, 5) is 6.95. The van der Waals surface area contributed by atoms with Gasteiger partial charge < -0.3 is 9.64 Å². The smallest absolute Gasteiger partial charge is 0.0611 e. The molecule has 0 unspecified atom stereocenters. The van der Waals surface area contributed by atoms with Gasteiger partial charge in [0.05, 0.1) is 12.3 Å². The number of ether oxygens (including phenoxy) is 1. The van der Waals surface area contributed by atoms with Gasteiger partial charge in [-0.15, -0.1) is 0 Å². The van der Waals surface area contributed by atoms with Crippen molar-refractivity contribution in [1.29, 1.82) is 0 Å². The maximum absolute atomic E-state index is 5.50. The molecule has 0 spiro atoms. The van der Waals surface area contributed by atoms with Crippen LogP contribution in [0.25, 0.3) is 0 Å². The summed E-state index contributed by atoms with van der Waals surface area (Å²) < 4.78 is 5.50. The average Bonchev–Trinajstić information content (AvgIpc) is 2.81. The van der Waals surface area contributed by atoms with Crippen molar-refractivity contribution in [1.82, 2.24) is 9.88 Å². The van der Waals surface area contributed by atoms with Gasteiger partial charge >= 0.3 is 0 Å². The maximum atomic E-state index is 5.50. The zero-order valence-corrected chi connectivity index (χ0v) is 11.2. The van der Waals surface area contributed by atoms with Gasteiger partial charge in [0.25, 0.3) is 0 Å². The van der Waals surface area contributed by atoms with Crippen LogP contribution in [0.1, 0.15) is 42.3 Å². The van der Waals surface area contributed by atoms with E-state index in [2.05, 4.69) is 45.0 Å². The van der Waals surface area contributed by atoms with Crippen LogP contribution in [0.4, 0.5) is 0 Å². The molecule has 0 N–H and O–H groups in total. The van der Waals surface area contributed by atoms with Crippen molar-refractivity contribution in [3.05, 3.63) is 29.1 Å². The zero-order chi connectivity index (χ0) is 12.4. The summed E-state index contributed by atoms with van der Waals surface area (Å²) in [5.74, 6) is 0.528. The minimum Gasteiger partial charge on any atom is -0.381 e. The Hall–Kier alpha value is -0.930. The van der Waals surface area contributed by atoms with E-state index < -0.39 is 0 Å². The number of aromatic nitrogens is 1. The van der Waals surface area contributed by atoms with Crippen molar-refractivity contribution >= 4 is 0 Å². The van der Waals surface area contributed by atoms with Crippen LogP contribution in [0.3, 0.4) is 0 Å². The predicted molar refractivity (Wildman–Crippen MR) is 69.3 cm³/mol. The van der Waals surface area contributed by atoms with Crippen molar-refractivity contribution in [2.45, 2.75) is 32.2 Å². The molecule has 1 aromatic rings. The molecule has 0 bridgehead atoms. The maximum Gasteiger partial charge on any atom is 0.0611 e. The normalized spacial score (nSPS) is 22.1. The molecular weight excluding hydrogens is 212 g/mol. The van der Waals surface area contributed by atoms with Crippen LogP contribution in [0.5, 0.6) is 0 Å². The van der Waals surface area contributed by atoms with Gasteiger partial charge in [-0.05, 0) is 46.0 Å². The van der Waals surface area contributed by atoms with E-state index in [1.54, 1.807) is 0 Å². The van der Waals surface area contributed by atoms with Crippen LogP contribution in [0, 0.1) is 6.92 Å². The predicted octanol–water partition coefficient (Wildman–Crippen LogP) is 2.52. The summed E-state index contributed by atoms with van der Waals surface area (Å²) in [5, 5.41) is 0. The Morgan fingerprint density at radius 1 is 1.41 bits per heavy atom. The molecule has 0 radical (unpaired) electrons. The van der Waals surface area contributed by atoms with Crippen LogP contribution < -0.4 is 0 Å². The standard InChI is InChI=1S/C14H22N2O/c1-10-5-6-13(12-7-8-17-9-12)14(15-10)11(2)16(3)4/h5-6,11-12H,7-9H2,1-4H3/t11-,12+/m0/s1. The molecule has 2 rings (SSSR count). The lowest BCUT2D eigenvalue weighted by Gasteiger charge is -2.24. The Bertz CT molecular complexity index is 384. The van der Waals surface area contributed by atoms with Crippen molar-refractivity contribution in [3.63, 3.8) is 0 Å². The summed E-state index contributed by atoms with van der Waals surface area (Å²) in [7, 11) is 4.20. The first-order chi connectivity index (χ1) is 8.09. The molecule has 94 valence electrons. The minimum atomic E-state index is 0.352. The third-order valence-electron chi connectivity index (χ3n) is 3.64. The van der Waals surface area contributed by atoms with Gasteiger partial charge in [-0.1, -0.05) is 6.07 Å². The Kier molecular flexibility index (Phi) is 3.79. The van der Waals surface area contributed by atoms with Gasteiger partial charge in [0.1, 0.15) is 0 Å². The van der Waals surface area contributed by atoms with Gasteiger partial charge in [-0.2, -0.15) is 0 Å². The van der Waals surface area contributed by atoms with Crippen LogP contribution in [0.2, 0.25) is 0 Å². The van der Waals surface area contributed by atoms with Crippen LogP contribution in [-0.4, -0.2) is 37.2 Å². The average molecular weight is 234 g/mol. The quantitative estimate of drug-likeness (QED) is 0.803. The molecule has 1 aliphatic rings. The van der Waals surface area contributed by atoms with Gasteiger partial charge in [-0.3, -0.25) is 4.98 Å². The minimum absolute atomic E-state index is 0.352. The van der Waals surface area contributed by atoms with E-state index in [0.29, 0.717) is 12.0 Å². The number of hydrogen-bond acceptors (Lipinski definition) is 3. The second-order valence-corrected chi connectivity index (χ2v) is 5.13. The van der Waals surface area contributed by atoms with E-state index in [0.717, 1.165) is 25.3 Å². The topological polar surface area (TPSA) is 25.4 Å². The van der Waals surface area contributed by atoms with E-state index in [9.17, 15) is 0 Å². The number of pyridine rings is 1. The lowest BCUT2D eigenvalue weighted by Crippen LogP contribution is -2.21. The Morgan fingerprint density at radius 2 is 2.18 bits per heavy atom. The Balaban J connectivity index is 2.36. The summed E-state index contributed by atoms with van der Waals surface area (Å²) in [6.07, 6.45) is 1.12. The first-order valence-corrected chi connectivity index (χ1v) is 6.31. The lowest BCUT2D eigenvalue weighted by molar-refractivity contribution is 0.193. The first kappa shape index (κ1) is 12.5. The summed E-state index contributed by atoms with van der Waals surface area (Å²) >= 11 is 0. The number of hydrogen-bond donors (Lipinski definition) is 0. The summed E-state index contributed by atoms with van der Waals surface area (Å²) in [6, 6.07) is 4.70. The van der Waals surface area contributed by atoms with Gasteiger partial charge in [0.15, 0.2) is 0 Å². The van der Waals surface area contributed by atoms with Crippen molar-refractivity contribution < 1.29 is 4.74 Å². The molecule has 17 heavy (non-hydrogen) atoms. The summed E-state index contributed by atoms with van der Waals surface area (Å²) in [5.41, 5.74) is 3.68. The molecule has 0 amide bonds. The van der Waals surface area contributed by atoms with Crippen LogP contribution in [0.15, 0.2) is 12.1 Å². The second kappa shape index (κ2) is 5.15. The first-order valence-electron chi connectivity index (χ1n) is 6.31. The van der Waals surface area contributed by atoms with Gasteiger partial charge in [0.2, 0.25) is 0 Å². The molecule has 0 aromatic carbocycles. The van der Waals surface area contributed by atoms with Crippen LogP contribution in [-0.2, 0) is 4.74 Å². The zero-order valence-electron chi connectivity index (χ0n) is 11.2. The number of rotatable bonds is 3. The van der Waals surface area contributed by atoms with E-state index in [1.807, 2.05) is 0 Å². The highest BCUT2D eigenvalue weighted by Gasteiger charge is 2.24. The van der Waals surface area contributed by atoms with E-state index in [1.165, 1.54) is 11.3 Å². The molecule has 2 heterocycles. The third kappa shape index (κ3) is 2.67. The molecule has 1 aromatic heterocycles. The van der Waals surface area contributed by atoms with Crippen molar-refractivity contribution in [3.8, 4) is 0 Å². The fraction of sp³-hybridized carbons (Fsp3) is 0.643. The molecule has 1 fully saturated rings. The van der Waals surface area contributed by atoms with E-state index >= 15 is 0 Å². The largest absolute Gasteiger partial charge is 0.381 e. The molecule has 0 saturated carbocycles. The highest BCUT2D eigenvalue weighted by Crippen LogP contribution is 2.31. The van der Waals surface area contributed by atoms with Gasteiger partial charge in [0, 0.05) is 24.3 Å². The van der Waals surface area contributed by atoms with E-state index in [-0.39, 0.29) is 0 Å². The summed E-state index contributed by atoms with van der Waals surface area (Å²) in [6.45, 7) is 5.99. The Morgan fingerprint density at radius 3 is 2.76 bits per heavy atom. The molecule has 0 aliphatic carbocycles. The monoisotopic (exact) mass is 234 g/mol. The number of aryl methyl sites for hydroxylation is 1. The van der Waals surface area contributed by atoms with Gasteiger partial charge in [-0.25, -0.2) is 0 Å². The molecule has 1 saturated heterocycles. The van der Waals surface area contributed by atoms with Crippen LogP contribution >= 0.6 is 0 Å². The highest BCUT2D eigenvalue weighted by molar-refractivity contribution is 5.29. The fourth-order valence-corrected chi connectivity index (χ4v) is 2.29. The SMILES string of the molecule is Cc1ccc([C@@H]2CCOC2)c([C@H](C)N(C)C)n1. The highest BCUT2D eigenvalue weighted by atomic mass is 16.5. The molecular formula is C14H22N2O. The number of nitrogens with zero attached hydrogens (tertiary/aromatic N) is 2. The second-order valence-electron chi connectivity index (χ2n) is 5.13. The fourth-order valence-electron chi connectivity index (χ4n) is 2.29. The molecule has 3 heteroatoms. The van der Waals surface area contributed by atoms with Crippen molar-refractivity contribution in [2.75, 3.05) is 27.3 Å².